The van der Waals surface area contributed by atoms with Gasteiger partial charge >= 0.3 is 5.97 Å². The fraction of sp³-hybridized carbons (Fsp3) is 0.200. The molecule has 28 heavy (non-hydrogen) atoms. The number of amides is 1. The van der Waals surface area contributed by atoms with E-state index in [-0.39, 0.29) is 18.3 Å². The maximum Gasteiger partial charge on any atom is 0.341 e. The lowest BCUT2D eigenvalue weighted by molar-refractivity contribution is 0.0601. The van der Waals surface area contributed by atoms with E-state index in [1.54, 1.807) is 18.2 Å². The van der Waals surface area contributed by atoms with E-state index in [0.717, 1.165) is 16.0 Å². The number of benzene rings is 1. The molecule has 1 N–H and O–H groups in total. The van der Waals surface area contributed by atoms with Crippen LogP contribution in [0.5, 0.6) is 5.75 Å². The van der Waals surface area contributed by atoms with Crippen molar-refractivity contribution in [3.05, 3.63) is 68.0 Å². The summed E-state index contributed by atoms with van der Waals surface area (Å²) in [4.78, 5) is 26.1. The maximum atomic E-state index is 12.9. The second-order valence-corrected chi connectivity index (χ2v) is 8.13. The van der Waals surface area contributed by atoms with Crippen LogP contribution in [0.4, 0.5) is 9.39 Å². The molecule has 0 saturated carbocycles. The van der Waals surface area contributed by atoms with E-state index in [2.05, 4.69) is 5.32 Å². The summed E-state index contributed by atoms with van der Waals surface area (Å²) in [5.74, 6) is -0.556. The maximum absolute atomic E-state index is 12.9. The van der Waals surface area contributed by atoms with Crippen molar-refractivity contribution in [3.63, 3.8) is 0 Å². The van der Waals surface area contributed by atoms with Gasteiger partial charge in [-0.25, -0.2) is 9.18 Å². The summed E-state index contributed by atoms with van der Waals surface area (Å²) in [6.07, 6.45) is 0. The lowest BCUT2D eigenvalue weighted by Gasteiger charge is -2.05. The highest BCUT2D eigenvalue weighted by atomic mass is 32.1. The molecule has 3 aromatic rings. The van der Waals surface area contributed by atoms with Gasteiger partial charge in [0.25, 0.3) is 5.91 Å². The highest BCUT2D eigenvalue weighted by Crippen LogP contribution is 2.33. The van der Waals surface area contributed by atoms with Crippen LogP contribution in [-0.4, -0.2) is 19.0 Å². The van der Waals surface area contributed by atoms with Gasteiger partial charge in [0, 0.05) is 10.4 Å². The molecule has 1 aromatic carbocycles. The fourth-order valence-corrected chi connectivity index (χ4v) is 4.33. The molecular formula is C20H18FNO4S2. The molecule has 0 atom stereocenters. The van der Waals surface area contributed by atoms with Crippen LogP contribution >= 0.6 is 22.7 Å². The van der Waals surface area contributed by atoms with Gasteiger partial charge in [-0.3, -0.25) is 4.79 Å². The third-order valence-electron chi connectivity index (χ3n) is 4.10. The van der Waals surface area contributed by atoms with Crippen LogP contribution in [0.1, 0.15) is 36.0 Å². The van der Waals surface area contributed by atoms with E-state index in [9.17, 15) is 14.0 Å². The number of carbonyl (C=O) groups is 2. The number of hydrogen-bond acceptors (Lipinski definition) is 6. The first-order chi connectivity index (χ1) is 13.4. The standard InChI is InChI=1S/C20H18FNO4S2/c1-11-12(2)28-19(17(11)20(24)25-3)22-18(23)16-8-13(10-27-16)9-26-15-6-4-14(21)5-7-15/h4-8,10H,9H2,1-3H3,(H,22,23). The largest absolute Gasteiger partial charge is 0.489 e. The summed E-state index contributed by atoms with van der Waals surface area (Å²) < 4.78 is 23.3. The molecule has 0 spiro atoms. The average Bonchev–Trinajstić information content (AvgIpc) is 3.26. The summed E-state index contributed by atoms with van der Waals surface area (Å²) in [5, 5.41) is 5.10. The molecule has 1 amide bonds. The molecule has 3 rings (SSSR count). The third kappa shape index (κ3) is 4.40. The first kappa shape index (κ1) is 20.0. The Balaban J connectivity index is 1.68. The van der Waals surface area contributed by atoms with Crippen molar-refractivity contribution in [3.8, 4) is 5.75 Å². The van der Waals surface area contributed by atoms with Crippen LogP contribution < -0.4 is 10.1 Å². The van der Waals surface area contributed by atoms with Gasteiger partial charge < -0.3 is 14.8 Å². The summed E-state index contributed by atoms with van der Waals surface area (Å²) in [5.41, 5.74) is 2.01. The molecule has 8 heteroatoms. The predicted molar refractivity (Wildman–Crippen MR) is 108 cm³/mol. The minimum Gasteiger partial charge on any atom is -0.489 e. The van der Waals surface area contributed by atoms with Gasteiger partial charge in [0.15, 0.2) is 0 Å². The van der Waals surface area contributed by atoms with E-state index in [1.165, 1.54) is 41.9 Å². The lowest BCUT2D eigenvalue weighted by atomic mass is 10.1. The zero-order valence-electron chi connectivity index (χ0n) is 15.5. The lowest BCUT2D eigenvalue weighted by Crippen LogP contribution is -2.13. The molecule has 0 bridgehead atoms. The Morgan fingerprint density at radius 2 is 1.89 bits per heavy atom. The molecule has 5 nitrogen and oxygen atoms in total. The van der Waals surface area contributed by atoms with Gasteiger partial charge in [-0.05, 0) is 55.1 Å². The smallest absolute Gasteiger partial charge is 0.341 e. The van der Waals surface area contributed by atoms with Crippen LogP contribution in [0.25, 0.3) is 0 Å². The first-order valence-corrected chi connectivity index (χ1v) is 10.0. The summed E-state index contributed by atoms with van der Waals surface area (Å²) >= 11 is 2.62. The van der Waals surface area contributed by atoms with Gasteiger partial charge in [-0.15, -0.1) is 22.7 Å². The molecular weight excluding hydrogens is 401 g/mol. The molecule has 0 aliphatic heterocycles. The molecule has 0 aliphatic carbocycles. The number of anilines is 1. The topological polar surface area (TPSA) is 64.6 Å². The van der Waals surface area contributed by atoms with Crippen LogP contribution in [0.2, 0.25) is 0 Å². The second kappa shape index (κ2) is 8.53. The Labute approximate surface area is 169 Å². The van der Waals surface area contributed by atoms with Gasteiger partial charge in [-0.2, -0.15) is 0 Å². The van der Waals surface area contributed by atoms with Crippen molar-refractivity contribution in [1.82, 2.24) is 0 Å². The van der Waals surface area contributed by atoms with Crippen molar-refractivity contribution >= 4 is 39.6 Å². The predicted octanol–water partition coefficient (Wildman–Crippen LogP) is 5.18. The van der Waals surface area contributed by atoms with Gasteiger partial charge in [-0.1, -0.05) is 0 Å². The molecule has 0 saturated heterocycles. The monoisotopic (exact) mass is 419 g/mol. The van der Waals surface area contributed by atoms with E-state index >= 15 is 0 Å². The number of esters is 1. The van der Waals surface area contributed by atoms with E-state index in [1.807, 2.05) is 19.2 Å². The van der Waals surface area contributed by atoms with Crippen LogP contribution in [0.3, 0.4) is 0 Å². The molecule has 146 valence electrons. The number of hydrogen-bond donors (Lipinski definition) is 1. The van der Waals surface area contributed by atoms with E-state index in [0.29, 0.717) is 21.2 Å². The Kier molecular flexibility index (Phi) is 6.11. The van der Waals surface area contributed by atoms with Gasteiger partial charge in [0.05, 0.1) is 17.6 Å². The second-order valence-electron chi connectivity index (χ2n) is 5.99. The highest BCUT2D eigenvalue weighted by molar-refractivity contribution is 7.17. The average molecular weight is 419 g/mol. The van der Waals surface area contributed by atoms with E-state index < -0.39 is 5.97 Å². The third-order valence-corrected chi connectivity index (χ3v) is 6.20. The molecule has 0 unspecified atom stereocenters. The Hall–Kier alpha value is -2.71. The summed E-state index contributed by atoms with van der Waals surface area (Å²) in [6, 6.07) is 7.47. The minimum atomic E-state index is -0.475. The van der Waals surface area contributed by atoms with Crippen molar-refractivity contribution in [2.75, 3.05) is 12.4 Å². The molecule has 0 aliphatic rings. The number of methoxy groups -OCH3 is 1. The zero-order valence-corrected chi connectivity index (χ0v) is 17.1. The number of thiophene rings is 2. The normalized spacial score (nSPS) is 10.6. The Morgan fingerprint density at radius 1 is 1.18 bits per heavy atom. The number of aryl methyl sites for hydroxylation is 1. The highest BCUT2D eigenvalue weighted by Gasteiger charge is 2.22. The van der Waals surface area contributed by atoms with Gasteiger partial charge in [0.2, 0.25) is 0 Å². The number of halogens is 1. The Bertz CT molecular complexity index is 1010. The molecule has 2 heterocycles. The van der Waals surface area contributed by atoms with Crippen molar-refractivity contribution in [2.45, 2.75) is 20.5 Å². The van der Waals surface area contributed by atoms with Crippen molar-refractivity contribution in [2.24, 2.45) is 0 Å². The quantitative estimate of drug-likeness (QED) is 0.559. The van der Waals surface area contributed by atoms with Crippen LogP contribution in [-0.2, 0) is 11.3 Å². The minimum absolute atomic E-state index is 0.264. The zero-order chi connectivity index (χ0) is 20.3. The number of nitrogens with one attached hydrogen (secondary N) is 1. The first-order valence-electron chi connectivity index (χ1n) is 8.34. The fourth-order valence-electron chi connectivity index (χ4n) is 2.50. The van der Waals surface area contributed by atoms with E-state index in [4.69, 9.17) is 9.47 Å². The van der Waals surface area contributed by atoms with Crippen molar-refractivity contribution in [1.29, 1.82) is 0 Å². The molecule has 0 fully saturated rings. The van der Waals surface area contributed by atoms with Crippen LogP contribution in [0.15, 0.2) is 35.7 Å². The summed E-state index contributed by atoms with van der Waals surface area (Å²) in [6.45, 7) is 3.97. The molecule has 2 aromatic heterocycles. The summed E-state index contributed by atoms with van der Waals surface area (Å²) in [7, 11) is 1.31. The van der Waals surface area contributed by atoms with Crippen LogP contribution in [0, 0.1) is 19.7 Å². The Morgan fingerprint density at radius 3 is 2.57 bits per heavy atom. The van der Waals surface area contributed by atoms with Gasteiger partial charge in [0.1, 0.15) is 23.2 Å². The SMILES string of the molecule is COC(=O)c1c(NC(=O)c2cc(COc3ccc(F)cc3)cs2)sc(C)c1C. The number of ether oxygens (including phenoxy) is 2. The number of rotatable bonds is 6. The van der Waals surface area contributed by atoms with Crippen molar-refractivity contribution < 1.29 is 23.5 Å². The molecule has 0 radical (unpaired) electrons. The number of carbonyl (C=O) groups excluding carboxylic acids is 2.